The minimum Gasteiger partial charge on any atom is -0.412 e. The van der Waals surface area contributed by atoms with Crippen LogP contribution in [0.3, 0.4) is 0 Å². The van der Waals surface area contributed by atoms with Crippen molar-refractivity contribution < 1.29 is 10.3 Å². The van der Waals surface area contributed by atoms with Crippen LogP contribution in [0.4, 0.5) is 5.82 Å². The number of nitrogens with zero attached hydrogens (tertiary/aromatic N) is 4. The normalized spacial score (nSPS) is 9.59. The third-order valence-corrected chi connectivity index (χ3v) is 3.65. The van der Waals surface area contributed by atoms with E-state index in [0.717, 1.165) is 11.1 Å². The monoisotopic (exact) mass is 362 g/mol. The number of nitrogens with one attached hydrogen (secondary N) is 2. The van der Waals surface area contributed by atoms with Gasteiger partial charge in [0.05, 0.1) is 11.1 Å². The number of nitriles is 1. The van der Waals surface area contributed by atoms with Gasteiger partial charge in [0, 0.05) is 49.6 Å². The van der Waals surface area contributed by atoms with Gasteiger partial charge in [-0.3, -0.25) is 14.8 Å². The van der Waals surface area contributed by atoms with Gasteiger partial charge in [-0.2, -0.15) is 5.26 Å². The number of hydrogen-bond donors (Lipinski definition) is 2. The first kappa shape index (κ1) is 19.5. The van der Waals surface area contributed by atoms with Crippen LogP contribution >= 0.6 is 0 Å². The third kappa shape index (κ3) is 5.07. The lowest BCUT2D eigenvalue weighted by molar-refractivity contribution is 0.0955. The Labute approximate surface area is 156 Å². The van der Waals surface area contributed by atoms with E-state index in [9.17, 15) is 10.1 Å². The number of carbonyl (C=O) groups excluding carboxylic acids is 1. The molecule has 8 heteroatoms. The zero-order chi connectivity index (χ0) is 18.2. The van der Waals surface area contributed by atoms with Crippen molar-refractivity contribution in [1.82, 2.24) is 20.3 Å². The number of aromatic nitrogens is 3. The van der Waals surface area contributed by atoms with Crippen LogP contribution in [0.25, 0.3) is 11.1 Å². The topological polar surface area (TPSA) is 135 Å². The predicted octanol–water partition coefficient (Wildman–Crippen LogP) is 1.43. The van der Waals surface area contributed by atoms with E-state index in [0.29, 0.717) is 30.0 Å². The maximum atomic E-state index is 11.9. The highest BCUT2D eigenvalue weighted by Crippen LogP contribution is 2.21. The molecule has 0 fully saturated rings. The van der Waals surface area contributed by atoms with E-state index in [4.69, 9.17) is 0 Å². The van der Waals surface area contributed by atoms with Crippen LogP contribution in [0, 0.1) is 11.3 Å². The van der Waals surface area contributed by atoms with Crippen LogP contribution in [-0.4, -0.2) is 39.4 Å². The molecule has 3 aromatic rings. The van der Waals surface area contributed by atoms with Crippen LogP contribution in [0.1, 0.15) is 15.9 Å². The predicted molar refractivity (Wildman–Crippen MR) is 101 cm³/mol. The Morgan fingerprint density at radius 1 is 1.04 bits per heavy atom. The first-order chi connectivity index (χ1) is 12.8. The van der Waals surface area contributed by atoms with Gasteiger partial charge >= 0.3 is 0 Å². The van der Waals surface area contributed by atoms with E-state index in [1.807, 2.05) is 12.1 Å². The number of hydrogen-bond acceptors (Lipinski definition) is 6. The summed E-state index contributed by atoms with van der Waals surface area (Å²) in [6, 6.07) is 11.0. The summed E-state index contributed by atoms with van der Waals surface area (Å²) >= 11 is 0. The molecular formula is C19H18N6O2. The van der Waals surface area contributed by atoms with Crippen molar-refractivity contribution in [3.63, 3.8) is 0 Å². The summed E-state index contributed by atoms with van der Waals surface area (Å²) < 4.78 is 0. The van der Waals surface area contributed by atoms with Crippen molar-refractivity contribution in [2.24, 2.45) is 0 Å². The molecule has 136 valence electrons. The van der Waals surface area contributed by atoms with E-state index in [-0.39, 0.29) is 11.4 Å². The van der Waals surface area contributed by atoms with Gasteiger partial charge in [-0.15, -0.1) is 0 Å². The van der Waals surface area contributed by atoms with Crippen LogP contribution in [0.15, 0.2) is 61.3 Å². The summed E-state index contributed by atoms with van der Waals surface area (Å²) in [5.41, 5.74) is 2.74. The lowest BCUT2D eigenvalue weighted by Crippen LogP contribution is -2.29. The maximum Gasteiger partial charge on any atom is 0.252 e. The number of amides is 1. The molecule has 0 spiro atoms. The summed E-state index contributed by atoms with van der Waals surface area (Å²) in [6.07, 6.45) is 8.21. The lowest BCUT2D eigenvalue weighted by atomic mass is 10.1. The van der Waals surface area contributed by atoms with E-state index in [2.05, 4.69) is 31.7 Å². The Bertz CT molecular complexity index is 926. The lowest BCUT2D eigenvalue weighted by Gasteiger charge is -2.10. The van der Waals surface area contributed by atoms with Crippen molar-refractivity contribution in [3.05, 3.63) is 72.4 Å². The van der Waals surface area contributed by atoms with Crippen LogP contribution in [0.5, 0.6) is 0 Å². The fraction of sp³-hybridized carbons (Fsp3) is 0.105. The molecule has 1 amide bonds. The molecule has 3 rings (SSSR count). The molecule has 3 aromatic heterocycles. The van der Waals surface area contributed by atoms with Gasteiger partial charge in [0.15, 0.2) is 0 Å². The molecule has 0 aliphatic heterocycles. The van der Waals surface area contributed by atoms with Crippen LogP contribution in [-0.2, 0) is 0 Å². The Hall–Kier alpha value is -3.83. The van der Waals surface area contributed by atoms with Gasteiger partial charge in [-0.25, -0.2) is 4.98 Å². The van der Waals surface area contributed by atoms with Crippen molar-refractivity contribution in [2.75, 3.05) is 18.4 Å². The Kier molecular flexibility index (Phi) is 6.93. The molecule has 0 aromatic carbocycles. The minimum absolute atomic E-state index is 0. The van der Waals surface area contributed by atoms with Gasteiger partial charge in [0.25, 0.3) is 5.91 Å². The Balaban J connectivity index is 0.00000261. The summed E-state index contributed by atoms with van der Waals surface area (Å²) in [5, 5.41) is 15.2. The van der Waals surface area contributed by atoms with Gasteiger partial charge in [0.1, 0.15) is 11.9 Å². The van der Waals surface area contributed by atoms with E-state index < -0.39 is 0 Å². The zero-order valence-electron chi connectivity index (χ0n) is 14.4. The van der Waals surface area contributed by atoms with Crippen molar-refractivity contribution in [3.8, 4) is 17.2 Å². The molecule has 8 nitrogen and oxygen atoms in total. The second-order valence-electron chi connectivity index (χ2n) is 5.39. The molecule has 4 N–H and O–H groups in total. The highest BCUT2D eigenvalue weighted by molar-refractivity contribution is 5.93. The molecule has 0 radical (unpaired) electrons. The molecule has 0 bridgehead atoms. The highest BCUT2D eigenvalue weighted by Gasteiger charge is 2.07. The molecule has 0 atom stereocenters. The molecule has 0 aliphatic rings. The second kappa shape index (κ2) is 9.60. The SMILES string of the molecule is N#Cc1cc(-c2ccncc2)cnc1NCCNC(=O)c1cccnc1.O. The van der Waals surface area contributed by atoms with Gasteiger partial charge < -0.3 is 16.1 Å². The van der Waals surface area contributed by atoms with Crippen molar-refractivity contribution >= 4 is 11.7 Å². The van der Waals surface area contributed by atoms with Crippen molar-refractivity contribution in [1.29, 1.82) is 5.26 Å². The number of pyridine rings is 3. The Morgan fingerprint density at radius 2 is 1.85 bits per heavy atom. The molecule has 3 heterocycles. The molecule has 0 saturated carbocycles. The smallest absolute Gasteiger partial charge is 0.252 e. The van der Waals surface area contributed by atoms with Gasteiger partial charge in [-0.1, -0.05) is 0 Å². The van der Waals surface area contributed by atoms with E-state index >= 15 is 0 Å². The van der Waals surface area contributed by atoms with Crippen LogP contribution in [0.2, 0.25) is 0 Å². The number of anilines is 1. The second-order valence-corrected chi connectivity index (χ2v) is 5.39. The summed E-state index contributed by atoms with van der Waals surface area (Å²) in [6.45, 7) is 0.842. The molecule has 27 heavy (non-hydrogen) atoms. The molecular weight excluding hydrogens is 344 g/mol. The average molecular weight is 362 g/mol. The third-order valence-electron chi connectivity index (χ3n) is 3.65. The highest BCUT2D eigenvalue weighted by atomic mass is 16.1. The fourth-order valence-electron chi connectivity index (χ4n) is 2.35. The minimum atomic E-state index is -0.193. The zero-order valence-corrected chi connectivity index (χ0v) is 14.4. The maximum absolute atomic E-state index is 11.9. The fourth-order valence-corrected chi connectivity index (χ4v) is 2.35. The van der Waals surface area contributed by atoms with Crippen molar-refractivity contribution in [2.45, 2.75) is 0 Å². The first-order valence-electron chi connectivity index (χ1n) is 8.00. The standard InChI is InChI=1S/C19H16N6O.H2O/c20-11-16-10-17(14-3-6-21-7-4-14)13-25-18(16)23-8-9-24-19(26)15-2-1-5-22-12-15;/h1-7,10,12-13H,8-9H2,(H,23,25)(H,24,26);1H2. The van der Waals surface area contributed by atoms with E-state index in [1.54, 1.807) is 43.0 Å². The summed E-state index contributed by atoms with van der Waals surface area (Å²) in [7, 11) is 0. The number of rotatable bonds is 6. The van der Waals surface area contributed by atoms with Gasteiger partial charge in [-0.05, 0) is 35.9 Å². The Morgan fingerprint density at radius 3 is 2.56 bits per heavy atom. The summed E-state index contributed by atoms with van der Waals surface area (Å²) in [5.74, 6) is 0.294. The quantitative estimate of drug-likeness (QED) is 0.637. The molecule has 0 aliphatic carbocycles. The largest absolute Gasteiger partial charge is 0.412 e. The molecule has 0 unspecified atom stereocenters. The summed E-state index contributed by atoms with van der Waals surface area (Å²) in [4.78, 5) is 24.1. The van der Waals surface area contributed by atoms with Gasteiger partial charge in [0.2, 0.25) is 0 Å². The first-order valence-corrected chi connectivity index (χ1v) is 8.00. The average Bonchev–Trinajstić information content (AvgIpc) is 2.72. The van der Waals surface area contributed by atoms with E-state index in [1.165, 1.54) is 6.20 Å². The van der Waals surface area contributed by atoms with Crippen LogP contribution < -0.4 is 10.6 Å². The number of carbonyl (C=O) groups is 1. The molecule has 0 saturated heterocycles.